The molecule has 0 aliphatic carbocycles. The van der Waals surface area contributed by atoms with Crippen molar-refractivity contribution in [3.63, 3.8) is 0 Å². The number of carboxylic acid groups (broad SMARTS) is 1. The van der Waals surface area contributed by atoms with E-state index in [1.54, 1.807) is 0 Å². The van der Waals surface area contributed by atoms with Gasteiger partial charge < -0.3 is 14.4 Å². The number of carbonyl (C=O) groups is 1. The fourth-order valence-corrected chi connectivity index (χ4v) is 2.05. The van der Waals surface area contributed by atoms with Gasteiger partial charge in [0.2, 0.25) is 0 Å². The Morgan fingerprint density at radius 2 is 2.29 bits per heavy atom. The Hall–Kier alpha value is -1.08. The highest BCUT2D eigenvalue weighted by Crippen LogP contribution is 2.16. The summed E-state index contributed by atoms with van der Waals surface area (Å²) >= 11 is 1.19. The molecule has 0 spiro atoms. The maximum atomic E-state index is 10.5. The molecule has 7 heteroatoms. The van der Waals surface area contributed by atoms with Crippen LogP contribution in [0.3, 0.4) is 0 Å². The van der Waals surface area contributed by atoms with Gasteiger partial charge in [0, 0.05) is 19.8 Å². The van der Waals surface area contributed by atoms with Crippen molar-refractivity contribution in [2.24, 2.45) is 0 Å². The van der Waals surface area contributed by atoms with E-state index in [1.165, 1.54) is 11.8 Å². The van der Waals surface area contributed by atoms with Crippen molar-refractivity contribution in [2.45, 2.75) is 32.0 Å². The largest absolute Gasteiger partial charge is 0.481 e. The lowest BCUT2D eigenvalue weighted by Crippen LogP contribution is -2.07. The molecule has 0 aromatic carbocycles. The summed E-state index contributed by atoms with van der Waals surface area (Å²) in [5.41, 5.74) is 0. The van der Waals surface area contributed by atoms with Crippen LogP contribution in [0, 0.1) is 6.92 Å². The van der Waals surface area contributed by atoms with E-state index in [2.05, 4.69) is 10.2 Å². The Morgan fingerprint density at radius 3 is 2.94 bits per heavy atom. The molecular weight excluding hydrogens is 242 g/mol. The zero-order valence-electron chi connectivity index (χ0n) is 10.0. The number of aryl methyl sites for hydroxylation is 1. The molecule has 0 fully saturated rings. The number of ether oxygens (including phenoxy) is 1. The zero-order chi connectivity index (χ0) is 12.7. The molecule has 0 atom stereocenters. The first-order chi connectivity index (χ1) is 8.15. The zero-order valence-corrected chi connectivity index (χ0v) is 10.9. The number of hydrogen-bond donors (Lipinski definition) is 1. The van der Waals surface area contributed by atoms with Crippen molar-refractivity contribution in [3.05, 3.63) is 5.82 Å². The molecular formula is C10H17N3O3S. The van der Waals surface area contributed by atoms with Crippen molar-refractivity contribution in [2.75, 3.05) is 19.0 Å². The summed E-state index contributed by atoms with van der Waals surface area (Å²) in [5.74, 6) is -0.0465. The van der Waals surface area contributed by atoms with Crippen molar-refractivity contribution in [1.82, 2.24) is 14.8 Å². The van der Waals surface area contributed by atoms with Crippen LogP contribution in [0.1, 0.15) is 19.2 Å². The first kappa shape index (κ1) is 14.0. The molecule has 1 heterocycles. The van der Waals surface area contributed by atoms with Gasteiger partial charge in [0.15, 0.2) is 5.16 Å². The van der Waals surface area contributed by atoms with Crippen molar-refractivity contribution in [1.29, 1.82) is 0 Å². The number of hydrogen-bond acceptors (Lipinski definition) is 5. The lowest BCUT2D eigenvalue weighted by atomic mass is 10.4. The fraction of sp³-hybridized carbons (Fsp3) is 0.700. The quantitative estimate of drug-likeness (QED) is 0.558. The third-order valence-corrected chi connectivity index (χ3v) is 3.05. The van der Waals surface area contributed by atoms with Crippen LogP contribution in [-0.4, -0.2) is 44.8 Å². The monoisotopic (exact) mass is 259 g/mol. The number of rotatable bonds is 8. The van der Waals surface area contributed by atoms with Gasteiger partial charge in [-0.15, -0.1) is 10.2 Å². The first-order valence-corrected chi connectivity index (χ1v) is 6.45. The van der Waals surface area contributed by atoms with Crippen LogP contribution < -0.4 is 0 Å². The fourth-order valence-electron chi connectivity index (χ4n) is 1.32. The Balaban J connectivity index is 2.50. The third kappa shape index (κ3) is 4.74. The lowest BCUT2D eigenvalue weighted by Gasteiger charge is -2.07. The van der Waals surface area contributed by atoms with Gasteiger partial charge in [-0.2, -0.15) is 0 Å². The van der Waals surface area contributed by atoms with E-state index in [-0.39, 0.29) is 5.75 Å². The minimum absolute atomic E-state index is 0.00356. The van der Waals surface area contributed by atoms with E-state index >= 15 is 0 Å². The Bertz CT molecular complexity index is 368. The van der Waals surface area contributed by atoms with Crippen LogP contribution in [-0.2, 0) is 16.1 Å². The Labute approximate surface area is 104 Å². The molecule has 0 aliphatic rings. The molecule has 0 unspecified atom stereocenters. The topological polar surface area (TPSA) is 77.2 Å². The van der Waals surface area contributed by atoms with E-state index in [0.29, 0.717) is 18.4 Å². The molecule has 17 heavy (non-hydrogen) atoms. The SMILES string of the molecule is CCOCCCn1c(C)nnc1SCC(=O)O. The van der Waals surface area contributed by atoms with E-state index < -0.39 is 5.97 Å². The maximum absolute atomic E-state index is 10.5. The van der Waals surface area contributed by atoms with Gasteiger partial charge in [0.25, 0.3) is 0 Å². The molecule has 0 saturated heterocycles. The molecule has 0 saturated carbocycles. The van der Waals surface area contributed by atoms with Gasteiger partial charge in [-0.1, -0.05) is 11.8 Å². The summed E-state index contributed by atoms with van der Waals surface area (Å²) < 4.78 is 7.18. The molecule has 0 amide bonds. The normalized spacial score (nSPS) is 10.7. The number of aromatic nitrogens is 3. The summed E-state index contributed by atoms with van der Waals surface area (Å²) in [7, 11) is 0. The van der Waals surface area contributed by atoms with Crippen molar-refractivity contribution < 1.29 is 14.6 Å². The Morgan fingerprint density at radius 1 is 1.53 bits per heavy atom. The summed E-state index contributed by atoms with van der Waals surface area (Å²) in [4.78, 5) is 10.5. The van der Waals surface area contributed by atoms with Crippen LogP contribution in [0.5, 0.6) is 0 Å². The standard InChI is InChI=1S/C10H17N3O3S/c1-3-16-6-4-5-13-8(2)11-12-10(13)17-7-9(14)15/h3-7H2,1-2H3,(H,14,15). The van der Waals surface area contributed by atoms with Crippen molar-refractivity contribution in [3.8, 4) is 0 Å². The number of nitrogens with zero attached hydrogens (tertiary/aromatic N) is 3. The number of aliphatic carboxylic acids is 1. The molecule has 0 aliphatic heterocycles. The minimum Gasteiger partial charge on any atom is -0.481 e. The molecule has 6 nitrogen and oxygen atoms in total. The van der Waals surface area contributed by atoms with Gasteiger partial charge in [-0.25, -0.2) is 0 Å². The highest BCUT2D eigenvalue weighted by atomic mass is 32.2. The van der Waals surface area contributed by atoms with E-state index in [9.17, 15) is 4.79 Å². The smallest absolute Gasteiger partial charge is 0.313 e. The number of carboxylic acids is 1. The van der Waals surface area contributed by atoms with Gasteiger partial charge in [-0.05, 0) is 20.3 Å². The van der Waals surface area contributed by atoms with Gasteiger partial charge in [0.1, 0.15) is 5.82 Å². The average Bonchev–Trinajstić information content (AvgIpc) is 2.63. The molecule has 1 aromatic rings. The van der Waals surface area contributed by atoms with Crippen LogP contribution in [0.15, 0.2) is 5.16 Å². The highest BCUT2D eigenvalue weighted by Gasteiger charge is 2.10. The van der Waals surface area contributed by atoms with E-state index in [0.717, 1.165) is 18.8 Å². The second-order valence-corrected chi connectivity index (χ2v) is 4.36. The third-order valence-electron chi connectivity index (χ3n) is 2.10. The second-order valence-electron chi connectivity index (χ2n) is 3.41. The van der Waals surface area contributed by atoms with Gasteiger partial charge in [-0.3, -0.25) is 4.79 Å². The molecule has 1 rings (SSSR count). The van der Waals surface area contributed by atoms with Crippen LogP contribution in [0.25, 0.3) is 0 Å². The summed E-state index contributed by atoms with van der Waals surface area (Å²) in [6.45, 7) is 5.97. The van der Waals surface area contributed by atoms with Crippen LogP contribution >= 0.6 is 11.8 Å². The molecule has 96 valence electrons. The number of thioether (sulfide) groups is 1. The Kier molecular flexibility index (Phi) is 5.99. The van der Waals surface area contributed by atoms with Gasteiger partial charge >= 0.3 is 5.97 Å². The molecule has 1 aromatic heterocycles. The summed E-state index contributed by atoms with van der Waals surface area (Å²) in [6, 6.07) is 0. The maximum Gasteiger partial charge on any atom is 0.313 e. The van der Waals surface area contributed by atoms with Crippen LogP contribution in [0.4, 0.5) is 0 Å². The second kappa shape index (κ2) is 7.29. The van der Waals surface area contributed by atoms with E-state index in [4.69, 9.17) is 9.84 Å². The van der Waals surface area contributed by atoms with Crippen LogP contribution in [0.2, 0.25) is 0 Å². The molecule has 0 radical (unpaired) electrons. The minimum atomic E-state index is -0.850. The summed E-state index contributed by atoms with van der Waals surface area (Å²) in [5, 5.41) is 17.2. The first-order valence-electron chi connectivity index (χ1n) is 5.47. The van der Waals surface area contributed by atoms with Crippen molar-refractivity contribution >= 4 is 17.7 Å². The summed E-state index contributed by atoms with van der Waals surface area (Å²) in [6.07, 6.45) is 0.868. The molecule has 1 N–H and O–H groups in total. The lowest BCUT2D eigenvalue weighted by molar-refractivity contribution is -0.133. The molecule has 0 bridgehead atoms. The average molecular weight is 259 g/mol. The predicted octanol–water partition coefficient (Wildman–Crippen LogP) is 1.19. The van der Waals surface area contributed by atoms with Gasteiger partial charge in [0.05, 0.1) is 5.75 Å². The van der Waals surface area contributed by atoms with E-state index in [1.807, 2.05) is 18.4 Å². The highest BCUT2D eigenvalue weighted by molar-refractivity contribution is 7.99. The predicted molar refractivity (Wildman–Crippen MR) is 64.2 cm³/mol.